The van der Waals surface area contributed by atoms with E-state index in [4.69, 9.17) is 4.74 Å². The summed E-state index contributed by atoms with van der Waals surface area (Å²) in [6.07, 6.45) is 7.25. The van der Waals surface area contributed by atoms with E-state index in [0.717, 1.165) is 37.0 Å². The van der Waals surface area contributed by atoms with E-state index in [1.165, 1.54) is 25.7 Å². The van der Waals surface area contributed by atoms with Gasteiger partial charge in [-0.15, -0.1) is 0 Å². The predicted octanol–water partition coefficient (Wildman–Crippen LogP) is 1.96. The summed E-state index contributed by atoms with van der Waals surface area (Å²) >= 11 is 2.01. The Morgan fingerprint density at radius 1 is 1.25 bits per heavy atom. The molecule has 0 spiro atoms. The van der Waals surface area contributed by atoms with Crippen molar-refractivity contribution in [2.75, 3.05) is 18.9 Å². The van der Waals surface area contributed by atoms with Crippen molar-refractivity contribution in [1.29, 1.82) is 0 Å². The molecule has 0 unspecified atom stereocenters. The molecule has 1 amide bonds. The maximum atomic E-state index is 11.6. The highest BCUT2D eigenvalue weighted by Crippen LogP contribution is 2.28. The van der Waals surface area contributed by atoms with Gasteiger partial charge in [-0.05, 0) is 25.7 Å². The van der Waals surface area contributed by atoms with E-state index in [-0.39, 0.29) is 12.0 Å². The van der Waals surface area contributed by atoms with Gasteiger partial charge in [0.05, 0.1) is 0 Å². The molecule has 1 saturated carbocycles. The minimum absolute atomic E-state index is 0.0875. The summed E-state index contributed by atoms with van der Waals surface area (Å²) in [5.41, 5.74) is 0. The van der Waals surface area contributed by atoms with E-state index in [9.17, 15) is 4.79 Å². The molecule has 92 valence electrons. The molecule has 0 bridgehead atoms. The van der Waals surface area contributed by atoms with Crippen molar-refractivity contribution in [3.05, 3.63) is 0 Å². The van der Waals surface area contributed by atoms with Crippen LogP contribution < -0.4 is 5.32 Å². The molecule has 3 nitrogen and oxygen atoms in total. The highest BCUT2D eigenvalue weighted by molar-refractivity contribution is 7.99. The van der Waals surface area contributed by atoms with E-state index in [2.05, 4.69) is 5.32 Å². The van der Waals surface area contributed by atoms with Crippen molar-refractivity contribution < 1.29 is 9.53 Å². The van der Waals surface area contributed by atoms with E-state index < -0.39 is 0 Å². The summed E-state index contributed by atoms with van der Waals surface area (Å²) in [6, 6.07) is 0. The third-order valence-corrected chi connectivity index (χ3v) is 4.66. The number of rotatable bonds is 5. The molecule has 1 aliphatic carbocycles. The van der Waals surface area contributed by atoms with Gasteiger partial charge in [-0.2, -0.15) is 11.8 Å². The van der Waals surface area contributed by atoms with Crippen molar-refractivity contribution >= 4 is 17.7 Å². The zero-order valence-electron chi connectivity index (χ0n) is 9.74. The lowest BCUT2D eigenvalue weighted by Gasteiger charge is -2.11. The lowest BCUT2D eigenvalue weighted by atomic mass is 10.2. The molecule has 2 aliphatic rings. The maximum Gasteiger partial charge on any atom is 0.249 e. The van der Waals surface area contributed by atoms with Gasteiger partial charge in [0.2, 0.25) is 5.91 Å². The standard InChI is InChI=1S/C12H21NO2S/c14-12(11-6-3-8-15-11)13-7-9-16-10-4-1-2-5-10/h10-11H,1-9H2,(H,13,14)/t11-/m1/s1. The molecular formula is C12H21NO2S. The molecule has 0 aromatic heterocycles. The molecule has 16 heavy (non-hydrogen) atoms. The molecular weight excluding hydrogens is 222 g/mol. The van der Waals surface area contributed by atoms with E-state index in [0.29, 0.717) is 0 Å². The summed E-state index contributed by atoms with van der Waals surface area (Å²) in [5, 5.41) is 3.81. The molecule has 4 heteroatoms. The molecule has 1 aliphatic heterocycles. The van der Waals surface area contributed by atoms with Crippen LogP contribution in [0.15, 0.2) is 0 Å². The first-order valence-corrected chi connectivity index (χ1v) is 7.42. The highest BCUT2D eigenvalue weighted by atomic mass is 32.2. The Balaban J connectivity index is 1.51. The molecule has 1 heterocycles. The monoisotopic (exact) mass is 243 g/mol. The van der Waals surface area contributed by atoms with Crippen LogP contribution in [0.4, 0.5) is 0 Å². The number of nitrogens with one attached hydrogen (secondary N) is 1. The second-order valence-electron chi connectivity index (χ2n) is 4.57. The van der Waals surface area contributed by atoms with Gasteiger partial charge in [0.25, 0.3) is 0 Å². The van der Waals surface area contributed by atoms with Gasteiger partial charge in [-0.3, -0.25) is 4.79 Å². The van der Waals surface area contributed by atoms with Crippen LogP contribution >= 0.6 is 11.8 Å². The van der Waals surface area contributed by atoms with Crippen LogP contribution in [0.3, 0.4) is 0 Å². The largest absolute Gasteiger partial charge is 0.368 e. The fraction of sp³-hybridized carbons (Fsp3) is 0.917. The average molecular weight is 243 g/mol. The fourth-order valence-corrected chi connectivity index (χ4v) is 3.57. The third kappa shape index (κ3) is 3.67. The average Bonchev–Trinajstić information content (AvgIpc) is 2.96. The Morgan fingerprint density at radius 3 is 2.75 bits per heavy atom. The van der Waals surface area contributed by atoms with Crippen molar-refractivity contribution in [2.45, 2.75) is 49.9 Å². The van der Waals surface area contributed by atoms with Crippen molar-refractivity contribution in [2.24, 2.45) is 0 Å². The summed E-state index contributed by atoms with van der Waals surface area (Å²) in [5.74, 6) is 1.13. The quantitative estimate of drug-likeness (QED) is 0.750. The number of amides is 1. The minimum Gasteiger partial charge on any atom is -0.368 e. The lowest BCUT2D eigenvalue weighted by Crippen LogP contribution is -2.35. The second kappa shape index (κ2) is 6.50. The Hall–Kier alpha value is -0.220. The summed E-state index contributed by atoms with van der Waals surface area (Å²) in [6.45, 7) is 1.54. The summed E-state index contributed by atoms with van der Waals surface area (Å²) < 4.78 is 5.33. The first kappa shape index (κ1) is 12.2. The number of hydrogen-bond acceptors (Lipinski definition) is 3. The van der Waals surface area contributed by atoms with Crippen LogP contribution in [0.2, 0.25) is 0 Å². The first-order valence-electron chi connectivity index (χ1n) is 6.37. The third-order valence-electron chi connectivity index (χ3n) is 3.28. The zero-order valence-corrected chi connectivity index (χ0v) is 10.6. The Morgan fingerprint density at radius 2 is 2.06 bits per heavy atom. The SMILES string of the molecule is O=C(NCCSC1CCCC1)[C@H]1CCCO1. The lowest BCUT2D eigenvalue weighted by molar-refractivity contribution is -0.129. The van der Waals surface area contributed by atoms with Crippen molar-refractivity contribution in [3.8, 4) is 0 Å². The summed E-state index contributed by atoms with van der Waals surface area (Å²) in [4.78, 5) is 11.6. The van der Waals surface area contributed by atoms with Gasteiger partial charge in [-0.25, -0.2) is 0 Å². The number of ether oxygens (including phenoxy) is 1. The van der Waals surface area contributed by atoms with E-state index in [1.54, 1.807) is 0 Å². The second-order valence-corrected chi connectivity index (χ2v) is 5.98. The number of carbonyl (C=O) groups is 1. The minimum atomic E-state index is -0.170. The van der Waals surface area contributed by atoms with Gasteiger partial charge >= 0.3 is 0 Å². The predicted molar refractivity (Wildman–Crippen MR) is 66.7 cm³/mol. The molecule has 0 radical (unpaired) electrons. The number of carbonyl (C=O) groups excluding carboxylic acids is 1. The Labute approximate surface area is 102 Å². The van der Waals surface area contributed by atoms with E-state index in [1.807, 2.05) is 11.8 Å². The number of hydrogen-bond donors (Lipinski definition) is 1. The Kier molecular flexibility index (Phi) is 4.97. The van der Waals surface area contributed by atoms with Crippen LogP contribution in [0, 0.1) is 0 Å². The number of thioether (sulfide) groups is 1. The molecule has 1 saturated heterocycles. The smallest absolute Gasteiger partial charge is 0.249 e. The maximum absolute atomic E-state index is 11.6. The molecule has 2 rings (SSSR count). The highest BCUT2D eigenvalue weighted by Gasteiger charge is 2.23. The fourth-order valence-electron chi connectivity index (χ4n) is 2.35. The first-order chi connectivity index (χ1) is 7.86. The topological polar surface area (TPSA) is 38.3 Å². The van der Waals surface area contributed by atoms with Crippen LogP contribution in [0.25, 0.3) is 0 Å². The van der Waals surface area contributed by atoms with Gasteiger partial charge < -0.3 is 10.1 Å². The van der Waals surface area contributed by atoms with Crippen LogP contribution in [0.5, 0.6) is 0 Å². The van der Waals surface area contributed by atoms with Crippen molar-refractivity contribution in [1.82, 2.24) is 5.32 Å². The normalized spacial score (nSPS) is 26.1. The van der Waals surface area contributed by atoms with Gasteiger partial charge in [0.1, 0.15) is 6.10 Å². The van der Waals surface area contributed by atoms with E-state index >= 15 is 0 Å². The molecule has 0 aromatic carbocycles. The summed E-state index contributed by atoms with van der Waals surface area (Å²) in [7, 11) is 0. The van der Waals surface area contributed by atoms with Crippen LogP contribution in [-0.2, 0) is 9.53 Å². The van der Waals surface area contributed by atoms with Gasteiger partial charge in [0.15, 0.2) is 0 Å². The van der Waals surface area contributed by atoms with Gasteiger partial charge in [0, 0.05) is 24.2 Å². The van der Waals surface area contributed by atoms with Gasteiger partial charge in [-0.1, -0.05) is 12.8 Å². The molecule has 1 N–H and O–H groups in total. The van der Waals surface area contributed by atoms with Crippen LogP contribution in [0.1, 0.15) is 38.5 Å². The van der Waals surface area contributed by atoms with Crippen LogP contribution in [-0.4, -0.2) is 36.2 Å². The zero-order chi connectivity index (χ0) is 11.2. The molecule has 1 atom stereocenters. The Bertz CT molecular complexity index is 223. The molecule has 2 fully saturated rings. The molecule has 0 aromatic rings. The van der Waals surface area contributed by atoms with Crippen molar-refractivity contribution in [3.63, 3.8) is 0 Å².